The van der Waals surface area contributed by atoms with E-state index in [-0.39, 0.29) is 30.7 Å². The van der Waals surface area contributed by atoms with Crippen LogP contribution in [0, 0.1) is 19.8 Å². The van der Waals surface area contributed by atoms with Gasteiger partial charge >= 0.3 is 6.09 Å². The highest BCUT2D eigenvalue weighted by Gasteiger charge is 2.48. The number of amides is 4. The summed E-state index contributed by atoms with van der Waals surface area (Å²) in [6.45, 7) is 13.7. The molecule has 0 bridgehead atoms. The van der Waals surface area contributed by atoms with Crippen LogP contribution in [0.3, 0.4) is 0 Å². The van der Waals surface area contributed by atoms with E-state index >= 15 is 0 Å². The van der Waals surface area contributed by atoms with Gasteiger partial charge in [-0.2, -0.15) is 0 Å². The SMILES string of the molecule is CCCCCNC(=O)C(c1ccc(C)cc1C)N(C(=O)C(CCC(N)=O)NC(=O)OC(C)(C)C)C1CC1C. The number of unbranched alkanes of at least 4 members (excludes halogenated alkanes) is 2. The molecule has 4 unspecified atom stereocenters. The molecule has 2 rings (SSSR count). The second-order valence-electron chi connectivity index (χ2n) is 11.5. The fourth-order valence-corrected chi connectivity index (χ4v) is 4.58. The van der Waals surface area contributed by atoms with Gasteiger partial charge in [0, 0.05) is 19.0 Å². The Balaban J connectivity index is 2.49. The summed E-state index contributed by atoms with van der Waals surface area (Å²) >= 11 is 0. The minimum atomic E-state index is -1.08. The van der Waals surface area contributed by atoms with E-state index in [9.17, 15) is 19.2 Å². The van der Waals surface area contributed by atoms with Crippen molar-refractivity contribution in [3.63, 3.8) is 0 Å². The van der Waals surface area contributed by atoms with Gasteiger partial charge in [0.1, 0.15) is 17.7 Å². The zero-order chi connectivity index (χ0) is 28.6. The molecule has 38 heavy (non-hydrogen) atoms. The molecular weight excluding hydrogens is 484 g/mol. The molecule has 1 aromatic rings. The standard InChI is InChI=1S/C29H46N4O5/c1-8-9-10-15-31-26(35)25(21-12-11-18(2)16-19(21)3)33(23-17-20(23)4)27(36)22(13-14-24(30)34)32-28(37)38-29(5,6)7/h11-12,16,20,22-23,25H,8-10,13-15,17H2,1-7H3,(H2,30,34)(H,31,35)(H,32,37). The number of nitrogens with one attached hydrogen (secondary N) is 2. The quantitative estimate of drug-likeness (QED) is 0.331. The van der Waals surface area contributed by atoms with Crippen molar-refractivity contribution in [3.8, 4) is 0 Å². The van der Waals surface area contributed by atoms with E-state index in [1.165, 1.54) is 0 Å². The summed E-state index contributed by atoms with van der Waals surface area (Å²) in [5.41, 5.74) is 7.30. The Morgan fingerprint density at radius 3 is 2.34 bits per heavy atom. The Morgan fingerprint density at radius 2 is 1.82 bits per heavy atom. The van der Waals surface area contributed by atoms with E-state index in [0.29, 0.717) is 6.54 Å². The summed E-state index contributed by atoms with van der Waals surface area (Å²) in [6.07, 6.45) is 2.74. The Hall–Kier alpha value is -3.10. The van der Waals surface area contributed by atoms with E-state index in [1.807, 2.05) is 39.0 Å². The van der Waals surface area contributed by atoms with Crippen molar-refractivity contribution < 1.29 is 23.9 Å². The summed E-state index contributed by atoms with van der Waals surface area (Å²) in [5, 5.41) is 5.68. The number of rotatable bonds is 13. The highest BCUT2D eigenvalue weighted by molar-refractivity contribution is 5.93. The second kappa shape index (κ2) is 13.6. The summed E-state index contributed by atoms with van der Waals surface area (Å²) in [5.74, 6) is -1.08. The number of hydrogen-bond donors (Lipinski definition) is 3. The number of benzene rings is 1. The lowest BCUT2D eigenvalue weighted by atomic mass is 9.95. The van der Waals surface area contributed by atoms with Crippen LogP contribution in [-0.4, -0.2) is 52.9 Å². The van der Waals surface area contributed by atoms with Gasteiger partial charge < -0.3 is 26.0 Å². The molecular formula is C29H46N4O5. The zero-order valence-corrected chi connectivity index (χ0v) is 24.1. The molecule has 1 aliphatic rings. The zero-order valence-electron chi connectivity index (χ0n) is 24.1. The number of alkyl carbamates (subject to hydrolysis) is 1. The Bertz CT molecular complexity index is 1000. The largest absolute Gasteiger partial charge is 0.444 e. The molecule has 1 fully saturated rings. The van der Waals surface area contributed by atoms with Crippen LogP contribution in [0.1, 0.15) is 95.9 Å². The Morgan fingerprint density at radius 1 is 1.16 bits per heavy atom. The smallest absolute Gasteiger partial charge is 0.408 e. The highest BCUT2D eigenvalue weighted by atomic mass is 16.6. The maximum absolute atomic E-state index is 14.2. The fraction of sp³-hybridized carbons (Fsp3) is 0.655. The van der Waals surface area contributed by atoms with Crippen LogP contribution < -0.4 is 16.4 Å². The molecule has 4 N–H and O–H groups in total. The van der Waals surface area contributed by atoms with Crippen molar-refractivity contribution in [2.75, 3.05) is 6.54 Å². The van der Waals surface area contributed by atoms with Crippen LogP contribution in [0.15, 0.2) is 18.2 Å². The van der Waals surface area contributed by atoms with Gasteiger partial charge in [-0.1, -0.05) is 50.5 Å². The van der Waals surface area contributed by atoms with Crippen molar-refractivity contribution in [2.45, 2.75) is 111 Å². The van der Waals surface area contributed by atoms with Crippen molar-refractivity contribution in [3.05, 3.63) is 34.9 Å². The normalized spacial score (nSPS) is 18.2. The summed E-state index contributed by atoms with van der Waals surface area (Å²) in [6, 6.07) is 3.69. The monoisotopic (exact) mass is 530 g/mol. The minimum Gasteiger partial charge on any atom is -0.444 e. The van der Waals surface area contributed by atoms with Crippen molar-refractivity contribution in [1.29, 1.82) is 0 Å². The molecule has 1 aliphatic carbocycles. The number of aryl methyl sites for hydroxylation is 2. The molecule has 0 spiro atoms. The van der Waals surface area contributed by atoms with Gasteiger partial charge in [0.05, 0.1) is 0 Å². The second-order valence-corrected chi connectivity index (χ2v) is 11.5. The number of hydrogen-bond acceptors (Lipinski definition) is 5. The molecule has 9 nitrogen and oxygen atoms in total. The third-order valence-electron chi connectivity index (χ3n) is 6.67. The van der Waals surface area contributed by atoms with E-state index < -0.39 is 35.6 Å². The highest BCUT2D eigenvalue weighted by Crippen LogP contribution is 2.41. The van der Waals surface area contributed by atoms with Crippen LogP contribution >= 0.6 is 0 Å². The molecule has 0 aliphatic heterocycles. The topological polar surface area (TPSA) is 131 Å². The van der Waals surface area contributed by atoms with Crippen molar-refractivity contribution in [1.82, 2.24) is 15.5 Å². The van der Waals surface area contributed by atoms with E-state index in [0.717, 1.165) is 42.4 Å². The first-order valence-corrected chi connectivity index (χ1v) is 13.7. The molecule has 1 saturated carbocycles. The van der Waals surface area contributed by atoms with Gasteiger partial charge in [0.2, 0.25) is 17.7 Å². The maximum Gasteiger partial charge on any atom is 0.408 e. The van der Waals surface area contributed by atoms with E-state index in [2.05, 4.69) is 17.6 Å². The lowest BCUT2D eigenvalue weighted by Gasteiger charge is -2.35. The summed E-state index contributed by atoms with van der Waals surface area (Å²) < 4.78 is 5.39. The summed E-state index contributed by atoms with van der Waals surface area (Å²) in [4.78, 5) is 53.8. The number of carbonyl (C=O) groups is 4. The fourth-order valence-electron chi connectivity index (χ4n) is 4.58. The number of carbonyl (C=O) groups excluding carboxylic acids is 4. The Kier molecular flexibility index (Phi) is 11.2. The van der Waals surface area contributed by atoms with Crippen LogP contribution in [0.4, 0.5) is 4.79 Å². The van der Waals surface area contributed by atoms with Crippen molar-refractivity contribution >= 4 is 23.8 Å². The predicted octanol–water partition coefficient (Wildman–Crippen LogP) is 4.05. The van der Waals surface area contributed by atoms with Gasteiger partial charge in [-0.25, -0.2) is 4.79 Å². The third kappa shape index (κ3) is 9.33. The number of nitrogens with two attached hydrogens (primary N) is 1. The maximum atomic E-state index is 14.2. The predicted molar refractivity (Wildman–Crippen MR) is 147 cm³/mol. The van der Waals surface area contributed by atoms with Gasteiger partial charge in [0.25, 0.3) is 0 Å². The van der Waals surface area contributed by atoms with E-state index in [4.69, 9.17) is 10.5 Å². The average molecular weight is 531 g/mol. The average Bonchev–Trinajstić information content (AvgIpc) is 3.52. The first-order chi connectivity index (χ1) is 17.7. The molecule has 4 amide bonds. The number of nitrogens with zero attached hydrogens (tertiary/aromatic N) is 1. The summed E-state index contributed by atoms with van der Waals surface area (Å²) in [7, 11) is 0. The van der Waals surface area contributed by atoms with Crippen LogP contribution in [0.5, 0.6) is 0 Å². The molecule has 0 saturated heterocycles. The molecule has 0 aromatic heterocycles. The molecule has 0 radical (unpaired) electrons. The lowest BCUT2D eigenvalue weighted by molar-refractivity contribution is -0.143. The first kappa shape index (κ1) is 31.1. The first-order valence-electron chi connectivity index (χ1n) is 13.7. The number of primary amides is 1. The van der Waals surface area contributed by atoms with Gasteiger partial charge in [-0.3, -0.25) is 14.4 Å². The molecule has 4 atom stereocenters. The lowest BCUT2D eigenvalue weighted by Crippen LogP contribution is -2.54. The van der Waals surface area contributed by atoms with Crippen LogP contribution in [-0.2, 0) is 19.1 Å². The molecule has 0 heterocycles. The van der Waals surface area contributed by atoms with Gasteiger partial charge in [-0.15, -0.1) is 0 Å². The van der Waals surface area contributed by atoms with Crippen LogP contribution in [0.25, 0.3) is 0 Å². The van der Waals surface area contributed by atoms with Crippen LogP contribution in [0.2, 0.25) is 0 Å². The molecule has 9 heteroatoms. The minimum absolute atomic E-state index is 0.00271. The third-order valence-corrected chi connectivity index (χ3v) is 6.67. The van der Waals surface area contributed by atoms with Crippen molar-refractivity contribution in [2.24, 2.45) is 11.7 Å². The molecule has 212 valence electrons. The molecule has 1 aromatic carbocycles. The van der Waals surface area contributed by atoms with Gasteiger partial charge in [0.15, 0.2) is 0 Å². The Labute approximate surface area is 227 Å². The van der Waals surface area contributed by atoms with E-state index in [1.54, 1.807) is 25.7 Å². The number of ether oxygens (including phenoxy) is 1. The van der Waals surface area contributed by atoms with Gasteiger partial charge in [-0.05, 0) is 70.9 Å².